The molecule has 1 aliphatic heterocycles. The molecule has 0 spiro atoms. The Bertz CT molecular complexity index is 803. The van der Waals surface area contributed by atoms with Crippen molar-refractivity contribution in [3.05, 3.63) is 58.6 Å². The Labute approximate surface area is 146 Å². The summed E-state index contributed by atoms with van der Waals surface area (Å²) in [5, 5.41) is 2.65. The molecule has 6 nitrogen and oxygen atoms in total. The molecule has 0 bridgehead atoms. The number of carbonyl (C=O) groups excluding carboxylic acids is 1. The van der Waals surface area contributed by atoms with Gasteiger partial charge in [-0.3, -0.25) is 9.36 Å². The van der Waals surface area contributed by atoms with Gasteiger partial charge in [0, 0.05) is 17.7 Å². The third-order valence-corrected chi connectivity index (χ3v) is 4.96. The lowest BCUT2D eigenvalue weighted by Crippen LogP contribution is -2.30. The normalized spacial score (nSPS) is 25.7. The number of anilines is 1. The van der Waals surface area contributed by atoms with E-state index < -0.39 is 5.69 Å². The molecule has 1 N–H and O–H groups in total. The smallest absolute Gasteiger partial charge is 0.351 e. The molecule has 1 aromatic heterocycles. The minimum Gasteiger partial charge on any atom is -0.354 e. The largest absolute Gasteiger partial charge is 0.354 e. The Morgan fingerprint density at radius 2 is 1.92 bits per heavy atom. The van der Waals surface area contributed by atoms with E-state index in [0.717, 1.165) is 6.42 Å². The Morgan fingerprint density at radius 1 is 1.20 bits per heavy atom. The van der Waals surface area contributed by atoms with Crippen molar-refractivity contribution < 1.29 is 9.53 Å². The average Bonchev–Trinajstić information content (AvgIpc) is 2.91. The fourth-order valence-corrected chi connectivity index (χ4v) is 3.27. The summed E-state index contributed by atoms with van der Waals surface area (Å²) >= 11 is 0. The molecule has 25 heavy (non-hydrogen) atoms. The van der Waals surface area contributed by atoms with Gasteiger partial charge in [-0.1, -0.05) is 39.0 Å². The molecule has 3 rings (SSSR count). The van der Waals surface area contributed by atoms with Crippen LogP contribution in [-0.2, 0) is 4.74 Å². The van der Waals surface area contributed by atoms with Gasteiger partial charge in [-0.25, -0.2) is 4.79 Å². The number of benzene rings is 1. The third kappa shape index (κ3) is 3.49. The number of nitrogens with zero attached hydrogens (tertiary/aromatic N) is 2. The molecule has 1 aromatic carbocycles. The molecular weight excluding hydrogens is 318 g/mol. The van der Waals surface area contributed by atoms with Crippen molar-refractivity contribution in [1.82, 2.24) is 9.55 Å². The second-order valence-electron chi connectivity index (χ2n) is 6.51. The van der Waals surface area contributed by atoms with E-state index in [4.69, 9.17) is 4.74 Å². The van der Waals surface area contributed by atoms with Gasteiger partial charge in [-0.2, -0.15) is 4.98 Å². The highest BCUT2D eigenvalue weighted by atomic mass is 16.5. The first-order chi connectivity index (χ1) is 12.0. The van der Waals surface area contributed by atoms with E-state index >= 15 is 0 Å². The molecule has 6 heteroatoms. The zero-order chi connectivity index (χ0) is 18.0. The maximum absolute atomic E-state index is 12.4. The van der Waals surface area contributed by atoms with Crippen LogP contribution in [0.4, 0.5) is 5.82 Å². The van der Waals surface area contributed by atoms with Gasteiger partial charge in [-0.15, -0.1) is 0 Å². The van der Waals surface area contributed by atoms with Crippen LogP contribution in [0.15, 0.2) is 47.4 Å². The molecular formula is C19H23N3O3. The maximum atomic E-state index is 12.4. The first-order valence-electron chi connectivity index (χ1n) is 8.62. The van der Waals surface area contributed by atoms with Crippen LogP contribution in [0.3, 0.4) is 0 Å². The zero-order valence-corrected chi connectivity index (χ0v) is 14.7. The molecule has 2 heterocycles. The van der Waals surface area contributed by atoms with Crippen LogP contribution in [0.5, 0.6) is 0 Å². The number of hydrogen-bond donors (Lipinski definition) is 1. The lowest BCUT2D eigenvalue weighted by Gasteiger charge is -2.18. The fourth-order valence-electron chi connectivity index (χ4n) is 3.27. The number of amides is 1. The van der Waals surface area contributed by atoms with E-state index in [0.29, 0.717) is 11.5 Å². The summed E-state index contributed by atoms with van der Waals surface area (Å²) in [6.07, 6.45) is 2.38. The lowest BCUT2D eigenvalue weighted by atomic mass is 9.91. The monoisotopic (exact) mass is 341 g/mol. The first-order valence-corrected chi connectivity index (χ1v) is 8.62. The van der Waals surface area contributed by atoms with Gasteiger partial charge < -0.3 is 10.1 Å². The van der Waals surface area contributed by atoms with Gasteiger partial charge in [0.05, 0.1) is 6.10 Å². The molecule has 0 aliphatic carbocycles. The Balaban J connectivity index is 1.78. The van der Waals surface area contributed by atoms with E-state index in [9.17, 15) is 9.59 Å². The van der Waals surface area contributed by atoms with Gasteiger partial charge in [-0.05, 0) is 30.5 Å². The molecule has 1 aliphatic rings. The van der Waals surface area contributed by atoms with Crippen LogP contribution in [0, 0.1) is 11.8 Å². The van der Waals surface area contributed by atoms with Crippen molar-refractivity contribution in [2.24, 2.45) is 11.8 Å². The SMILES string of the molecule is CC[C@H]1O[C@@H](n2ccc(NC(=O)c3ccccc3)nc2=O)[C@@H](C)C1C. The molecule has 132 valence electrons. The summed E-state index contributed by atoms with van der Waals surface area (Å²) in [6, 6.07) is 10.4. The summed E-state index contributed by atoms with van der Waals surface area (Å²) in [7, 11) is 0. The summed E-state index contributed by atoms with van der Waals surface area (Å²) in [6.45, 7) is 6.31. The van der Waals surface area contributed by atoms with Crippen LogP contribution < -0.4 is 11.0 Å². The van der Waals surface area contributed by atoms with Crippen LogP contribution in [0.2, 0.25) is 0 Å². The Hall–Kier alpha value is -2.47. The van der Waals surface area contributed by atoms with Gasteiger partial charge >= 0.3 is 5.69 Å². The topological polar surface area (TPSA) is 73.2 Å². The molecule has 0 radical (unpaired) electrons. The van der Waals surface area contributed by atoms with E-state index in [1.807, 2.05) is 6.07 Å². The second kappa shape index (κ2) is 7.19. The predicted octanol–water partition coefficient (Wildman–Crippen LogP) is 3.08. The molecule has 1 saturated heterocycles. The lowest BCUT2D eigenvalue weighted by molar-refractivity contribution is -0.0167. The van der Waals surface area contributed by atoms with Gasteiger partial charge in [0.1, 0.15) is 12.0 Å². The standard InChI is InChI=1S/C19H23N3O3/c1-4-15-12(2)13(3)18(25-15)22-11-10-16(21-19(22)24)20-17(23)14-8-6-5-7-9-14/h5-13,15,18H,4H2,1-3H3,(H,20,21,23,24)/t12?,13-,15+,18+/m0/s1. The van der Waals surface area contributed by atoms with Crippen LogP contribution in [0.25, 0.3) is 0 Å². The van der Waals surface area contributed by atoms with Crippen molar-refractivity contribution >= 4 is 11.7 Å². The quantitative estimate of drug-likeness (QED) is 0.927. The number of aromatic nitrogens is 2. The van der Waals surface area contributed by atoms with Crippen LogP contribution in [0.1, 0.15) is 43.8 Å². The third-order valence-electron chi connectivity index (χ3n) is 4.96. The highest BCUT2D eigenvalue weighted by Crippen LogP contribution is 2.39. The summed E-state index contributed by atoms with van der Waals surface area (Å²) in [5.74, 6) is 0.532. The summed E-state index contributed by atoms with van der Waals surface area (Å²) < 4.78 is 7.54. The fraction of sp³-hybridized carbons (Fsp3) is 0.421. The van der Waals surface area contributed by atoms with E-state index in [1.165, 1.54) is 4.57 Å². The van der Waals surface area contributed by atoms with E-state index in [1.54, 1.807) is 36.5 Å². The summed E-state index contributed by atoms with van der Waals surface area (Å²) in [5.41, 5.74) is 0.0903. The zero-order valence-electron chi connectivity index (χ0n) is 14.7. The average molecular weight is 341 g/mol. The number of rotatable bonds is 4. The van der Waals surface area contributed by atoms with Gasteiger partial charge in [0.2, 0.25) is 0 Å². The maximum Gasteiger partial charge on any atom is 0.351 e. The van der Waals surface area contributed by atoms with E-state index in [2.05, 4.69) is 31.1 Å². The van der Waals surface area contributed by atoms with Crippen molar-refractivity contribution in [3.8, 4) is 0 Å². The van der Waals surface area contributed by atoms with Crippen molar-refractivity contribution in [3.63, 3.8) is 0 Å². The number of ether oxygens (including phenoxy) is 1. The summed E-state index contributed by atoms with van der Waals surface area (Å²) in [4.78, 5) is 28.6. The highest BCUT2D eigenvalue weighted by molar-refractivity contribution is 6.03. The number of nitrogens with one attached hydrogen (secondary N) is 1. The predicted molar refractivity (Wildman–Crippen MR) is 95.4 cm³/mol. The second-order valence-corrected chi connectivity index (χ2v) is 6.51. The molecule has 0 saturated carbocycles. The van der Waals surface area contributed by atoms with Crippen LogP contribution in [-0.4, -0.2) is 21.6 Å². The first kappa shape index (κ1) is 17.4. The van der Waals surface area contributed by atoms with Crippen molar-refractivity contribution in [1.29, 1.82) is 0 Å². The molecule has 4 atom stereocenters. The van der Waals surface area contributed by atoms with Gasteiger partial charge in [0.25, 0.3) is 5.91 Å². The minimum atomic E-state index is -0.424. The Morgan fingerprint density at radius 3 is 2.52 bits per heavy atom. The minimum absolute atomic E-state index is 0.143. The van der Waals surface area contributed by atoms with Crippen molar-refractivity contribution in [2.75, 3.05) is 5.32 Å². The van der Waals surface area contributed by atoms with Crippen LogP contribution >= 0.6 is 0 Å². The molecule has 1 amide bonds. The molecule has 2 aromatic rings. The highest BCUT2D eigenvalue weighted by Gasteiger charge is 2.39. The Kier molecular flexibility index (Phi) is 4.99. The molecule has 1 unspecified atom stereocenters. The number of hydrogen-bond acceptors (Lipinski definition) is 4. The van der Waals surface area contributed by atoms with Crippen molar-refractivity contribution in [2.45, 2.75) is 39.5 Å². The van der Waals surface area contributed by atoms with Gasteiger partial charge in [0.15, 0.2) is 0 Å². The molecule has 1 fully saturated rings. The number of carbonyl (C=O) groups is 1. The van der Waals surface area contributed by atoms with E-state index in [-0.39, 0.29) is 30.0 Å².